The summed E-state index contributed by atoms with van der Waals surface area (Å²) in [4.78, 5) is 2.10. The Morgan fingerprint density at radius 3 is 2.57 bits per heavy atom. The summed E-state index contributed by atoms with van der Waals surface area (Å²) >= 11 is 0. The van der Waals surface area contributed by atoms with Crippen LogP contribution in [0.2, 0.25) is 0 Å². The topological polar surface area (TPSA) is 15.3 Å². The van der Waals surface area contributed by atoms with E-state index in [0.717, 1.165) is 24.3 Å². The molecule has 21 heavy (non-hydrogen) atoms. The molecule has 2 aromatic carbocycles. The molecule has 0 aliphatic carbocycles. The van der Waals surface area contributed by atoms with Crippen molar-refractivity contribution in [2.75, 3.05) is 18.5 Å². The predicted octanol–water partition coefficient (Wildman–Crippen LogP) is 3.88. The van der Waals surface area contributed by atoms with Gasteiger partial charge in [-0.25, -0.2) is 4.39 Å². The fourth-order valence-electron chi connectivity index (χ4n) is 2.46. The van der Waals surface area contributed by atoms with Crippen LogP contribution >= 0.6 is 0 Å². The second kappa shape index (κ2) is 7.23. The van der Waals surface area contributed by atoms with Crippen LogP contribution in [0.4, 0.5) is 10.1 Å². The van der Waals surface area contributed by atoms with E-state index in [9.17, 15) is 4.39 Å². The molecule has 112 valence electrons. The molecule has 2 nitrogen and oxygen atoms in total. The molecular formula is C18H23FN2. The number of halogens is 1. The van der Waals surface area contributed by atoms with E-state index in [2.05, 4.69) is 42.3 Å². The second-order valence-electron chi connectivity index (χ2n) is 5.36. The first-order valence-corrected chi connectivity index (χ1v) is 7.36. The average Bonchev–Trinajstić information content (AvgIpc) is 2.47. The summed E-state index contributed by atoms with van der Waals surface area (Å²) in [5.41, 5.74) is 4.35. The number of hydrogen-bond acceptors (Lipinski definition) is 2. The molecule has 0 heterocycles. The van der Waals surface area contributed by atoms with Crippen molar-refractivity contribution < 1.29 is 4.39 Å². The number of hydrogen-bond donors (Lipinski definition) is 1. The van der Waals surface area contributed by atoms with Crippen molar-refractivity contribution in [3.05, 3.63) is 65.0 Å². The second-order valence-corrected chi connectivity index (χ2v) is 5.36. The minimum atomic E-state index is -0.148. The SMILES string of the molecule is CCNCc1cc(C)ccc1N(C)Cc1ccccc1F. The van der Waals surface area contributed by atoms with Gasteiger partial charge in [-0.15, -0.1) is 0 Å². The Bertz CT molecular complexity index is 596. The molecular weight excluding hydrogens is 263 g/mol. The zero-order valence-corrected chi connectivity index (χ0v) is 13.0. The molecule has 0 amide bonds. The van der Waals surface area contributed by atoms with Crippen LogP contribution in [0.15, 0.2) is 42.5 Å². The van der Waals surface area contributed by atoms with Gasteiger partial charge in [-0.05, 0) is 31.2 Å². The summed E-state index contributed by atoms with van der Waals surface area (Å²) in [6.07, 6.45) is 0. The van der Waals surface area contributed by atoms with Crippen molar-refractivity contribution in [3.8, 4) is 0 Å². The standard InChI is InChI=1S/C18H23FN2/c1-4-20-12-16-11-14(2)9-10-18(16)21(3)13-15-7-5-6-8-17(15)19/h5-11,20H,4,12-13H2,1-3H3. The van der Waals surface area contributed by atoms with Crippen LogP contribution in [-0.4, -0.2) is 13.6 Å². The number of aryl methyl sites for hydroxylation is 1. The molecule has 0 aliphatic rings. The Hall–Kier alpha value is -1.87. The third kappa shape index (κ3) is 4.05. The average molecular weight is 286 g/mol. The highest BCUT2D eigenvalue weighted by molar-refractivity contribution is 5.54. The first-order valence-electron chi connectivity index (χ1n) is 7.36. The normalized spacial score (nSPS) is 10.7. The lowest BCUT2D eigenvalue weighted by molar-refractivity contribution is 0.607. The molecule has 0 fully saturated rings. The Balaban J connectivity index is 2.22. The lowest BCUT2D eigenvalue weighted by Crippen LogP contribution is -2.21. The van der Waals surface area contributed by atoms with Crippen molar-refractivity contribution in [1.29, 1.82) is 0 Å². The molecule has 0 atom stereocenters. The van der Waals surface area contributed by atoms with E-state index in [4.69, 9.17) is 0 Å². The molecule has 0 aromatic heterocycles. The van der Waals surface area contributed by atoms with Crippen LogP contribution in [0.3, 0.4) is 0 Å². The number of rotatable bonds is 6. The van der Waals surface area contributed by atoms with Crippen molar-refractivity contribution in [2.45, 2.75) is 26.9 Å². The van der Waals surface area contributed by atoms with Gasteiger partial charge in [-0.1, -0.05) is 42.8 Å². The van der Waals surface area contributed by atoms with E-state index in [1.807, 2.05) is 19.2 Å². The predicted molar refractivity (Wildman–Crippen MR) is 87.1 cm³/mol. The minimum absolute atomic E-state index is 0.148. The Morgan fingerprint density at radius 2 is 1.86 bits per heavy atom. The van der Waals surface area contributed by atoms with Gasteiger partial charge >= 0.3 is 0 Å². The van der Waals surface area contributed by atoms with Crippen LogP contribution in [-0.2, 0) is 13.1 Å². The van der Waals surface area contributed by atoms with Crippen LogP contribution in [0.25, 0.3) is 0 Å². The summed E-state index contributed by atoms with van der Waals surface area (Å²) in [5.74, 6) is -0.148. The summed E-state index contributed by atoms with van der Waals surface area (Å²) in [6.45, 7) is 6.52. The third-order valence-corrected chi connectivity index (χ3v) is 3.58. The van der Waals surface area contributed by atoms with Crippen LogP contribution < -0.4 is 10.2 Å². The van der Waals surface area contributed by atoms with Gasteiger partial charge in [0.15, 0.2) is 0 Å². The van der Waals surface area contributed by atoms with Gasteiger partial charge < -0.3 is 10.2 Å². The lowest BCUT2D eigenvalue weighted by Gasteiger charge is -2.23. The van der Waals surface area contributed by atoms with Crippen LogP contribution in [0.1, 0.15) is 23.6 Å². The minimum Gasteiger partial charge on any atom is -0.370 e. The first-order chi connectivity index (χ1) is 10.1. The van der Waals surface area contributed by atoms with Crippen LogP contribution in [0, 0.1) is 12.7 Å². The van der Waals surface area contributed by atoms with Gasteiger partial charge in [-0.3, -0.25) is 0 Å². The highest BCUT2D eigenvalue weighted by Crippen LogP contribution is 2.23. The molecule has 0 saturated heterocycles. The Kier molecular flexibility index (Phi) is 5.34. The summed E-state index contributed by atoms with van der Waals surface area (Å²) in [5, 5.41) is 3.36. The van der Waals surface area contributed by atoms with Crippen molar-refractivity contribution in [3.63, 3.8) is 0 Å². The smallest absolute Gasteiger partial charge is 0.128 e. The van der Waals surface area contributed by atoms with Crippen molar-refractivity contribution >= 4 is 5.69 Å². The monoisotopic (exact) mass is 286 g/mol. The lowest BCUT2D eigenvalue weighted by atomic mass is 10.1. The van der Waals surface area contributed by atoms with E-state index < -0.39 is 0 Å². The first kappa shape index (κ1) is 15.5. The van der Waals surface area contributed by atoms with Gasteiger partial charge in [0.25, 0.3) is 0 Å². The molecule has 0 unspecified atom stereocenters. The van der Waals surface area contributed by atoms with Gasteiger partial charge in [0.2, 0.25) is 0 Å². The Labute approximate surface area is 126 Å². The number of nitrogens with zero attached hydrogens (tertiary/aromatic N) is 1. The maximum atomic E-state index is 13.8. The zero-order chi connectivity index (χ0) is 15.2. The molecule has 0 spiro atoms. The molecule has 1 N–H and O–H groups in total. The fourth-order valence-corrected chi connectivity index (χ4v) is 2.46. The highest BCUT2D eigenvalue weighted by atomic mass is 19.1. The van der Waals surface area contributed by atoms with Crippen molar-refractivity contribution in [1.82, 2.24) is 5.32 Å². The summed E-state index contributed by atoms with van der Waals surface area (Å²) in [6, 6.07) is 13.4. The molecule has 0 aliphatic heterocycles. The van der Waals surface area contributed by atoms with Crippen molar-refractivity contribution in [2.24, 2.45) is 0 Å². The fraction of sp³-hybridized carbons (Fsp3) is 0.333. The quantitative estimate of drug-likeness (QED) is 0.867. The number of anilines is 1. The number of nitrogens with one attached hydrogen (secondary N) is 1. The molecule has 2 aromatic rings. The molecule has 0 saturated carbocycles. The van der Waals surface area contributed by atoms with E-state index >= 15 is 0 Å². The third-order valence-electron chi connectivity index (χ3n) is 3.58. The number of benzene rings is 2. The van der Waals surface area contributed by atoms with E-state index in [1.54, 1.807) is 6.07 Å². The van der Waals surface area contributed by atoms with Gasteiger partial charge in [0, 0.05) is 31.4 Å². The van der Waals surface area contributed by atoms with E-state index in [1.165, 1.54) is 17.2 Å². The zero-order valence-electron chi connectivity index (χ0n) is 13.0. The van der Waals surface area contributed by atoms with E-state index in [0.29, 0.717) is 6.54 Å². The van der Waals surface area contributed by atoms with Crippen LogP contribution in [0.5, 0.6) is 0 Å². The molecule has 3 heteroatoms. The molecule has 0 bridgehead atoms. The van der Waals surface area contributed by atoms with E-state index in [-0.39, 0.29) is 5.82 Å². The Morgan fingerprint density at radius 1 is 1.10 bits per heavy atom. The largest absolute Gasteiger partial charge is 0.370 e. The van der Waals surface area contributed by atoms with Gasteiger partial charge in [0.1, 0.15) is 5.82 Å². The molecule has 0 radical (unpaired) electrons. The maximum absolute atomic E-state index is 13.8. The van der Waals surface area contributed by atoms with Gasteiger partial charge in [-0.2, -0.15) is 0 Å². The maximum Gasteiger partial charge on any atom is 0.128 e. The summed E-state index contributed by atoms with van der Waals surface area (Å²) < 4.78 is 13.8. The molecule has 2 rings (SSSR count). The van der Waals surface area contributed by atoms with Gasteiger partial charge in [0.05, 0.1) is 0 Å². The highest BCUT2D eigenvalue weighted by Gasteiger charge is 2.10. The summed E-state index contributed by atoms with van der Waals surface area (Å²) in [7, 11) is 2.01.